The largest absolute Gasteiger partial charge is 0.508 e. The fraction of sp³-hybridized carbons (Fsp3) is 0.476. The molecule has 4 rings (SSSR count). The normalized spacial score (nSPS) is 44.3. The number of fused-ring (bicyclic) bond motifs is 2. The van der Waals surface area contributed by atoms with E-state index in [1.165, 1.54) is 19.1 Å². The smallest absolute Gasteiger partial charge is 0.183 e. The third-order valence-corrected chi connectivity index (χ3v) is 6.66. The molecule has 0 saturated heterocycles. The quantitative estimate of drug-likeness (QED) is 0.228. The molecule has 29 heavy (non-hydrogen) atoms. The standard InChI is InChI=1S/C21H23ClO7/c1-4-5-6-7-11(23)13-14-20(3,29)18(28)19(2,17(13)27)9-21(14)15(25)10(22)8-12(24)16(21)26/h4-8,12,14,16,23-24,26,29H,9H2,1-3H3/b5-4+,7-6+,13-11-/t12-,14?,16-,19+,20?,21-/m0/s1. The Labute approximate surface area is 172 Å². The van der Waals surface area contributed by atoms with Gasteiger partial charge in [0.25, 0.3) is 0 Å². The monoisotopic (exact) mass is 422 g/mol. The Balaban J connectivity index is 2.37. The molecule has 4 aliphatic carbocycles. The Morgan fingerprint density at radius 2 is 1.79 bits per heavy atom. The molecule has 4 aliphatic rings. The summed E-state index contributed by atoms with van der Waals surface area (Å²) in [6.45, 7) is 4.16. The second-order valence-corrected chi connectivity index (χ2v) is 8.66. The van der Waals surface area contributed by atoms with E-state index in [1.54, 1.807) is 19.1 Å². The Morgan fingerprint density at radius 3 is 2.38 bits per heavy atom. The third kappa shape index (κ3) is 2.65. The summed E-state index contributed by atoms with van der Waals surface area (Å²) >= 11 is 6.02. The Morgan fingerprint density at radius 1 is 1.17 bits per heavy atom. The van der Waals surface area contributed by atoms with Crippen LogP contribution in [0.25, 0.3) is 0 Å². The molecule has 7 nitrogen and oxygen atoms in total. The van der Waals surface area contributed by atoms with Gasteiger partial charge < -0.3 is 20.4 Å². The number of rotatable bonds is 2. The topological polar surface area (TPSA) is 132 Å². The lowest BCUT2D eigenvalue weighted by Gasteiger charge is -2.61. The van der Waals surface area contributed by atoms with Gasteiger partial charge >= 0.3 is 0 Å². The Kier molecular flexibility index (Phi) is 5.03. The van der Waals surface area contributed by atoms with Crippen LogP contribution in [0.15, 0.2) is 46.7 Å². The van der Waals surface area contributed by atoms with Gasteiger partial charge in [-0.1, -0.05) is 29.8 Å². The van der Waals surface area contributed by atoms with Crippen LogP contribution >= 0.6 is 11.6 Å². The summed E-state index contributed by atoms with van der Waals surface area (Å²) in [4.78, 5) is 39.3. The van der Waals surface area contributed by atoms with Crippen molar-refractivity contribution in [2.24, 2.45) is 16.7 Å². The predicted octanol–water partition coefficient (Wildman–Crippen LogP) is 1.27. The zero-order valence-electron chi connectivity index (χ0n) is 16.2. The summed E-state index contributed by atoms with van der Waals surface area (Å²) in [7, 11) is 0. The van der Waals surface area contributed by atoms with Crippen molar-refractivity contribution >= 4 is 29.0 Å². The predicted molar refractivity (Wildman–Crippen MR) is 104 cm³/mol. The van der Waals surface area contributed by atoms with E-state index in [-0.39, 0.29) is 10.6 Å². The van der Waals surface area contributed by atoms with E-state index < -0.39 is 64.1 Å². The zero-order chi connectivity index (χ0) is 21.9. The van der Waals surface area contributed by atoms with E-state index in [2.05, 4.69) is 0 Å². The van der Waals surface area contributed by atoms with Crippen LogP contribution in [0.2, 0.25) is 0 Å². The molecule has 0 aliphatic heterocycles. The molecule has 0 radical (unpaired) electrons. The van der Waals surface area contributed by atoms with Gasteiger partial charge in [0.15, 0.2) is 17.3 Å². The van der Waals surface area contributed by atoms with Gasteiger partial charge in [0.2, 0.25) is 0 Å². The van der Waals surface area contributed by atoms with Crippen molar-refractivity contribution in [1.82, 2.24) is 0 Å². The number of hydrogen-bond donors (Lipinski definition) is 4. The van der Waals surface area contributed by atoms with Crippen LogP contribution in [-0.2, 0) is 14.4 Å². The summed E-state index contributed by atoms with van der Waals surface area (Å²) < 4.78 is 0. The molecule has 6 atom stereocenters. The van der Waals surface area contributed by atoms with Gasteiger partial charge in [-0.2, -0.15) is 0 Å². The number of aliphatic hydroxyl groups excluding tert-OH is 3. The molecular formula is C21H23ClO7. The van der Waals surface area contributed by atoms with Gasteiger partial charge in [-0.3, -0.25) is 14.4 Å². The average Bonchev–Trinajstić information content (AvgIpc) is 2.65. The van der Waals surface area contributed by atoms with Gasteiger partial charge in [0, 0.05) is 11.5 Å². The molecule has 156 valence electrons. The zero-order valence-corrected chi connectivity index (χ0v) is 17.0. The maximum absolute atomic E-state index is 13.2. The highest BCUT2D eigenvalue weighted by Crippen LogP contribution is 2.64. The molecule has 0 aromatic heterocycles. The lowest BCUT2D eigenvalue weighted by molar-refractivity contribution is -0.203. The Hall–Kier alpha value is -2.06. The first-order chi connectivity index (χ1) is 13.4. The number of ketones is 3. The van der Waals surface area contributed by atoms with Crippen LogP contribution < -0.4 is 0 Å². The maximum atomic E-state index is 13.2. The van der Waals surface area contributed by atoms with Gasteiger partial charge in [-0.25, -0.2) is 0 Å². The number of halogens is 1. The van der Waals surface area contributed by atoms with E-state index in [1.807, 2.05) is 0 Å². The lowest BCUT2D eigenvalue weighted by Crippen LogP contribution is -2.75. The molecule has 0 aromatic rings. The van der Waals surface area contributed by atoms with Crippen molar-refractivity contribution in [2.75, 3.05) is 0 Å². The number of carbonyl (C=O) groups is 3. The van der Waals surface area contributed by atoms with Crippen molar-refractivity contribution < 1.29 is 34.8 Å². The summed E-state index contributed by atoms with van der Waals surface area (Å²) in [5.41, 5.74) is -6.44. The number of allylic oxidation sites excluding steroid dienone is 5. The third-order valence-electron chi connectivity index (χ3n) is 6.36. The van der Waals surface area contributed by atoms with Gasteiger partial charge in [0.05, 0.1) is 22.0 Å². The fourth-order valence-electron chi connectivity index (χ4n) is 5.19. The molecule has 0 heterocycles. The minimum Gasteiger partial charge on any atom is -0.508 e. The van der Waals surface area contributed by atoms with Crippen LogP contribution in [0.1, 0.15) is 27.2 Å². The van der Waals surface area contributed by atoms with Crippen LogP contribution in [0.4, 0.5) is 0 Å². The highest BCUT2D eigenvalue weighted by Gasteiger charge is 2.77. The van der Waals surface area contributed by atoms with Crippen molar-refractivity contribution in [3.8, 4) is 0 Å². The highest BCUT2D eigenvalue weighted by molar-refractivity contribution is 6.44. The molecule has 2 bridgehead atoms. The summed E-state index contributed by atoms with van der Waals surface area (Å²) in [6, 6.07) is 0. The van der Waals surface area contributed by atoms with E-state index >= 15 is 0 Å². The van der Waals surface area contributed by atoms with Gasteiger partial charge in [0.1, 0.15) is 17.5 Å². The maximum Gasteiger partial charge on any atom is 0.183 e. The molecule has 2 unspecified atom stereocenters. The minimum atomic E-state index is -2.26. The van der Waals surface area contributed by atoms with Crippen molar-refractivity contribution in [1.29, 1.82) is 0 Å². The number of hydrogen-bond acceptors (Lipinski definition) is 7. The second kappa shape index (κ2) is 6.74. The molecule has 0 amide bonds. The van der Waals surface area contributed by atoms with Gasteiger partial charge in [-0.05, 0) is 39.3 Å². The first-order valence-electron chi connectivity index (χ1n) is 9.20. The molecular weight excluding hydrogens is 400 g/mol. The van der Waals surface area contributed by atoms with Crippen LogP contribution in [0.5, 0.6) is 0 Å². The van der Waals surface area contributed by atoms with Gasteiger partial charge in [-0.15, -0.1) is 0 Å². The lowest BCUT2D eigenvalue weighted by atomic mass is 9.40. The van der Waals surface area contributed by atoms with Crippen LogP contribution in [-0.4, -0.2) is 55.6 Å². The number of Topliss-reactive ketones (excluding diaryl/α,β-unsaturated/α-hetero) is 3. The van der Waals surface area contributed by atoms with Crippen molar-refractivity contribution in [2.45, 2.75) is 45.0 Å². The molecule has 0 aromatic carbocycles. The number of aliphatic hydroxyl groups is 4. The van der Waals surface area contributed by atoms with E-state index in [4.69, 9.17) is 11.6 Å². The summed E-state index contributed by atoms with van der Waals surface area (Å²) in [5, 5.41) is 42.6. The van der Waals surface area contributed by atoms with E-state index in [9.17, 15) is 34.8 Å². The highest BCUT2D eigenvalue weighted by atomic mass is 35.5. The molecule has 3 fully saturated rings. The SMILES string of the molecule is C/C=C/C=C/C(O)=C1/C(=O)[C@@]2(C)C[C@@]3(C(=O)C(Cl)=C[C@H](O)[C@@H]3O)C1C(C)(O)C2=O. The first-order valence-corrected chi connectivity index (χ1v) is 9.58. The van der Waals surface area contributed by atoms with E-state index in [0.717, 1.165) is 13.0 Å². The molecule has 4 N–H and O–H groups in total. The summed E-state index contributed by atoms with van der Waals surface area (Å²) in [6.07, 6.45) is 3.19. The molecule has 1 spiro atoms. The number of carbonyl (C=O) groups excluding carboxylic acids is 3. The van der Waals surface area contributed by atoms with E-state index in [0.29, 0.717) is 0 Å². The van der Waals surface area contributed by atoms with Crippen LogP contribution in [0, 0.1) is 16.7 Å². The first kappa shape index (κ1) is 21.6. The second-order valence-electron chi connectivity index (χ2n) is 8.25. The van der Waals surface area contributed by atoms with Crippen LogP contribution in [0.3, 0.4) is 0 Å². The minimum absolute atomic E-state index is 0.338. The molecule has 3 saturated carbocycles. The van der Waals surface area contributed by atoms with Crippen molar-refractivity contribution in [3.63, 3.8) is 0 Å². The van der Waals surface area contributed by atoms with Crippen molar-refractivity contribution in [3.05, 3.63) is 46.7 Å². The molecule has 8 heteroatoms. The Bertz CT molecular complexity index is 925. The summed E-state index contributed by atoms with van der Waals surface area (Å²) in [5.74, 6) is -4.45. The average molecular weight is 423 g/mol. The fourth-order valence-corrected chi connectivity index (χ4v) is 5.49.